The number of nitrogens with zero attached hydrogens (tertiary/aromatic N) is 1. The number of benzene rings is 3. The van der Waals surface area contributed by atoms with E-state index >= 15 is 0 Å². The van der Waals surface area contributed by atoms with Crippen molar-refractivity contribution in [2.75, 3.05) is 0 Å². The zero-order valence-electron chi connectivity index (χ0n) is 18.7. The molecule has 1 aliphatic carbocycles. The molecule has 1 aromatic heterocycles. The molecule has 7 rings (SSSR count). The SMILES string of the molecule is CC1(C)c2cccc3c2-n2c4c1cccc4c1cc(C4=CCCC=C4)cc(c12)C3(C)C. The smallest absolute Gasteiger partial charge is 0.0582 e. The van der Waals surface area contributed by atoms with Crippen molar-refractivity contribution in [3.8, 4) is 5.69 Å². The number of fused-ring (bicyclic) bond motifs is 1. The standard InChI is InChI=1S/C30H27N/c1-29(2)22-13-8-12-20-21-16-19(18-10-6-5-7-11-18)17-25-27(21)31(26(20)22)28-23(29)14-9-15-24(28)30(25,3)4/h6,8-17H,5,7H2,1-4H3. The normalized spacial score (nSPS) is 19.3. The van der Waals surface area contributed by atoms with E-state index in [1.54, 1.807) is 0 Å². The molecule has 0 radical (unpaired) electrons. The summed E-state index contributed by atoms with van der Waals surface area (Å²) >= 11 is 0. The molecule has 4 aromatic rings. The Labute approximate surface area is 183 Å². The molecule has 0 spiro atoms. The van der Waals surface area contributed by atoms with Crippen molar-refractivity contribution in [3.63, 3.8) is 0 Å². The molecule has 1 nitrogen and oxygen atoms in total. The molecule has 3 aliphatic rings. The van der Waals surface area contributed by atoms with Crippen molar-refractivity contribution in [3.05, 3.63) is 94.6 Å². The Bertz CT molecular complexity index is 1520. The lowest BCUT2D eigenvalue weighted by Crippen LogP contribution is -2.33. The van der Waals surface area contributed by atoms with Gasteiger partial charge in [-0.05, 0) is 58.4 Å². The number of allylic oxidation sites excluding steroid dienone is 4. The van der Waals surface area contributed by atoms with Gasteiger partial charge in [-0.25, -0.2) is 0 Å². The summed E-state index contributed by atoms with van der Waals surface area (Å²) < 4.78 is 2.60. The third-order valence-electron chi connectivity index (χ3n) is 8.16. The van der Waals surface area contributed by atoms with Crippen molar-refractivity contribution in [2.45, 2.75) is 51.4 Å². The maximum absolute atomic E-state index is 2.60. The van der Waals surface area contributed by atoms with Crippen LogP contribution in [0.25, 0.3) is 33.1 Å². The van der Waals surface area contributed by atoms with E-state index in [0.29, 0.717) is 0 Å². The van der Waals surface area contributed by atoms with Crippen LogP contribution in [0.1, 0.15) is 68.4 Å². The van der Waals surface area contributed by atoms with Crippen molar-refractivity contribution in [2.24, 2.45) is 0 Å². The van der Waals surface area contributed by atoms with Gasteiger partial charge >= 0.3 is 0 Å². The van der Waals surface area contributed by atoms with Gasteiger partial charge in [-0.2, -0.15) is 0 Å². The minimum atomic E-state index is -0.0451. The second-order valence-corrected chi connectivity index (χ2v) is 10.5. The van der Waals surface area contributed by atoms with Crippen LogP contribution in [-0.4, -0.2) is 4.57 Å². The van der Waals surface area contributed by atoms with E-state index in [-0.39, 0.29) is 10.8 Å². The number of hydrogen-bond donors (Lipinski definition) is 0. The molecule has 0 bridgehead atoms. The Balaban J connectivity index is 1.76. The number of aromatic nitrogens is 1. The summed E-state index contributed by atoms with van der Waals surface area (Å²) in [4.78, 5) is 0. The summed E-state index contributed by atoms with van der Waals surface area (Å²) in [6.07, 6.45) is 9.31. The third-order valence-corrected chi connectivity index (χ3v) is 8.16. The summed E-state index contributed by atoms with van der Waals surface area (Å²) in [6.45, 7) is 9.61. The van der Waals surface area contributed by atoms with Gasteiger partial charge in [0.2, 0.25) is 0 Å². The Morgan fingerprint density at radius 3 is 2.13 bits per heavy atom. The van der Waals surface area contributed by atoms with Crippen LogP contribution >= 0.6 is 0 Å². The van der Waals surface area contributed by atoms with Crippen LogP contribution in [0.5, 0.6) is 0 Å². The minimum absolute atomic E-state index is 0.0136. The van der Waals surface area contributed by atoms with E-state index in [0.717, 1.165) is 12.8 Å². The van der Waals surface area contributed by atoms with E-state index in [4.69, 9.17) is 0 Å². The number of rotatable bonds is 1. The second-order valence-electron chi connectivity index (χ2n) is 10.5. The number of para-hydroxylation sites is 2. The Morgan fingerprint density at radius 1 is 0.710 bits per heavy atom. The van der Waals surface area contributed by atoms with Gasteiger partial charge in [-0.1, -0.05) is 82.3 Å². The topological polar surface area (TPSA) is 4.93 Å². The van der Waals surface area contributed by atoms with Gasteiger partial charge < -0.3 is 4.57 Å². The van der Waals surface area contributed by atoms with Gasteiger partial charge in [0.1, 0.15) is 0 Å². The molecule has 0 unspecified atom stereocenters. The summed E-state index contributed by atoms with van der Waals surface area (Å²) in [7, 11) is 0. The van der Waals surface area contributed by atoms with E-state index in [2.05, 4.69) is 99.0 Å². The molecule has 2 aliphatic heterocycles. The lowest BCUT2D eigenvalue weighted by Gasteiger charge is -2.42. The fourth-order valence-corrected chi connectivity index (χ4v) is 6.48. The summed E-state index contributed by atoms with van der Waals surface area (Å²) in [5.74, 6) is 0. The molecule has 0 saturated carbocycles. The lowest BCUT2D eigenvalue weighted by molar-refractivity contribution is 0.593. The molecule has 152 valence electrons. The molecular weight excluding hydrogens is 374 g/mol. The van der Waals surface area contributed by atoms with Crippen LogP contribution in [0, 0.1) is 0 Å². The van der Waals surface area contributed by atoms with Crippen LogP contribution in [-0.2, 0) is 10.8 Å². The predicted octanol–water partition coefficient (Wildman–Crippen LogP) is 7.80. The third kappa shape index (κ3) is 1.94. The Hall–Kier alpha value is -3.06. The monoisotopic (exact) mass is 401 g/mol. The minimum Gasteiger partial charge on any atom is -0.308 e. The fourth-order valence-electron chi connectivity index (χ4n) is 6.48. The molecule has 31 heavy (non-hydrogen) atoms. The highest BCUT2D eigenvalue weighted by atomic mass is 15.0. The first-order valence-electron chi connectivity index (χ1n) is 11.5. The molecule has 0 fully saturated rings. The maximum Gasteiger partial charge on any atom is 0.0582 e. The summed E-state index contributed by atoms with van der Waals surface area (Å²) in [5, 5.41) is 2.79. The molecule has 0 atom stereocenters. The van der Waals surface area contributed by atoms with Crippen LogP contribution in [0.2, 0.25) is 0 Å². The summed E-state index contributed by atoms with van der Waals surface area (Å²) in [6, 6.07) is 18.8. The second kappa shape index (κ2) is 5.40. The zero-order valence-corrected chi connectivity index (χ0v) is 18.7. The lowest BCUT2D eigenvalue weighted by atomic mass is 9.68. The molecular formula is C30H27N. The van der Waals surface area contributed by atoms with E-state index in [9.17, 15) is 0 Å². The van der Waals surface area contributed by atoms with Crippen LogP contribution in [0.15, 0.2) is 66.8 Å². The van der Waals surface area contributed by atoms with Crippen molar-refractivity contribution >= 4 is 27.4 Å². The molecule has 3 aromatic carbocycles. The van der Waals surface area contributed by atoms with E-state index in [1.165, 1.54) is 60.9 Å². The van der Waals surface area contributed by atoms with Gasteiger partial charge in [0.25, 0.3) is 0 Å². The van der Waals surface area contributed by atoms with Gasteiger partial charge in [0, 0.05) is 21.6 Å². The average Bonchev–Trinajstić information content (AvgIpc) is 3.11. The van der Waals surface area contributed by atoms with Gasteiger partial charge in [-0.3, -0.25) is 0 Å². The quantitative estimate of drug-likeness (QED) is 0.307. The molecule has 0 N–H and O–H groups in total. The van der Waals surface area contributed by atoms with Crippen molar-refractivity contribution in [1.82, 2.24) is 4.57 Å². The molecule has 1 heteroatoms. The first-order chi connectivity index (χ1) is 14.9. The highest BCUT2D eigenvalue weighted by molar-refractivity contribution is 6.14. The first kappa shape index (κ1) is 17.6. The zero-order chi connectivity index (χ0) is 21.1. The fraction of sp³-hybridized carbons (Fsp3) is 0.267. The summed E-state index contributed by atoms with van der Waals surface area (Å²) in [5.41, 5.74) is 12.7. The van der Waals surface area contributed by atoms with E-state index < -0.39 is 0 Å². The Morgan fingerprint density at radius 2 is 1.39 bits per heavy atom. The van der Waals surface area contributed by atoms with Gasteiger partial charge in [0.15, 0.2) is 0 Å². The molecule has 3 heterocycles. The molecule has 0 amide bonds. The van der Waals surface area contributed by atoms with Crippen molar-refractivity contribution < 1.29 is 0 Å². The Kier molecular flexibility index (Phi) is 3.07. The van der Waals surface area contributed by atoms with Crippen molar-refractivity contribution in [1.29, 1.82) is 0 Å². The van der Waals surface area contributed by atoms with Crippen LogP contribution in [0.4, 0.5) is 0 Å². The highest BCUT2D eigenvalue weighted by Crippen LogP contribution is 2.55. The number of hydrogen-bond acceptors (Lipinski definition) is 0. The highest BCUT2D eigenvalue weighted by Gasteiger charge is 2.43. The largest absolute Gasteiger partial charge is 0.308 e. The van der Waals surface area contributed by atoms with Crippen LogP contribution in [0.3, 0.4) is 0 Å². The van der Waals surface area contributed by atoms with Gasteiger partial charge in [0.05, 0.1) is 16.7 Å². The molecule has 0 saturated heterocycles. The predicted molar refractivity (Wildman–Crippen MR) is 131 cm³/mol. The van der Waals surface area contributed by atoms with Gasteiger partial charge in [-0.15, -0.1) is 0 Å². The van der Waals surface area contributed by atoms with E-state index in [1.807, 2.05) is 0 Å². The van der Waals surface area contributed by atoms with Crippen LogP contribution < -0.4 is 0 Å². The first-order valence-corrected chi connectivity index (χ1v) is 11.5. The maximum atomic E-state index is 2.60. The average molecular weight is 402 g/mol.